The molecule has 6 heteroatoms. The second-order valence-corrected chi connectivity index (χ2v) is 8.01. The molecule has 2 nitrogen and oxygen atoms in total. The van der Waals surface area contributed by atoms with Crippen LogP contribution in [0.25, 0.3) is 0 Å². The van der Waals surface area contributed by atoms with Crippen LogP contribution in [0.4, 0.5) is 13.2 Å². The van der Waals surface area contributed by atoms with Crippen LogP contribution in [0, 0.1) is 5.92 Å². The highest BCUT2D eigenvalue weighted by molar-refractivity contribution is 8.00. The Balaban J connectivity index is 1.61. The molecule has 0 amide bonds. The highest BCUT2D eigenvalue weighted by Crippen LogP contribution is 2.40. The van der Waals surface area contributed by atoms with E-state index in [-0.39, 0.29) is 23.1 Å². The SMILES string of the molecule is FC(F)(F)SCCN1CC(C2CC2)NCC12CCCCC2. The molecule has 0 aromatic carbocycles. The molecule has 21 heavy (non-hydrogen) atoms. The first kappa shape index (κ1) is 15.9. The molecule has 2 saturated carbocycles. The molecule has 0 bridgehead atoms. The normalized spacial score (nSPS) is 30.7. The summed E-state index contributed by atoms with van der Waals surface area (Å²) in [6.07, 6.45) is 8.59. The topological polar surface area (TPSA) is 15.3 Å². The van der Waals surface area contributed by atoms with E-state index in [2.05, 4.69) is 10.2 Å². The predicted octanol–water partition coefficient (Wildman–Crippen LogP) is 3.63. The summed E-state index contributed by atoms with van der Waals surface area (Å²) in [6, 6.07) is 0.508. The summed E-state index contributed by atoms with van der Waals surface area (Å²) in [4.78, 5) is 2.41. The average molecular weight is 322 g/mol. The highest BCUT2D eigenvalue weighted by atomic mass is 32.2. The van der Waals surface area contributed by atoms with Gasteiger partial charge in [0.15, 0.2) is 0 Å². The van der Waals surface area contributed by atoms with Crippen molar-refractivity contribution in [2.24, 2.45) is 5.92 Å². The van der Waals surface area contributed by atoms with E-state index in [1.807, 2.05) is 0 Å². The molecular weight excluding hydrogens is 297 g/mol. The van der Waals surface area contributed by atoms with E-state index in [0.717, 1.165) is 31.8 Å². The van der Waals surface area contributed by atoms with Crippen molar-refractivity contribution in [3.63, 3.8) is 0 Å². The van der Waals surface area contributed by atoms with Gasteiger partial charge in [0, 0.05) is 37.0 Å². The zero-order valence-electron chi connectivity index (χ0n) is 12.4. The average Bonchev–Trinajstić information content (AvgIpc) is 3.25. The van der Waals surface area contributed by atoms with Crippen LogP contribution < -0.4 is 5.32 Å². The molecular formula is C15H25F3N2S. The van der Waals surface area contributed by atoms with Gasteiger partial charge >= 0.3 is 5.51 Å². The van der Waals surface area contributed by atoms with Gasteiger partial charge in [-0.1, -0.05) is 19.3 Å². The van der Waals surface area contributed by atoms with E-state index < -0.39 is 5.51 Å². The fourth-order valence-electron chi connectivity index (χ4n) is 4.05. The maximum absolute atomic E-state index is 12.4. The van der Waals surface area contributed by atoms with Crippen molar-refractivity contribution in [2.75, 3.05) is 25.4 Å². The Morgan fingerprint density at radius 2 is 1.86 bits per heavy atom. The number of thioether (sulfide) groups is 1. The molecule has 0 aromatic heterocycles. The number of hydrogen-bond acceptors (Lipinski definition) is 3. The Hall–Kier alpha value is 0.0600. The molecule has 1 heterocycles. The van der Waals surface area contributed by atoms with E-state index in [0.29, 0.717) is 12.6 Å². The first-order valence-corrected chi connectivity index (χ1v) is 9.16. The van der Waals surface area contributed by atoms with Gasteiger partial charge in [0.2, 0.25) is 0 Å². The van der Waals surface area contributed by atoms with Crippen molar-refractivity contribution in [3.05, 3.63) is 0 Å². The summed E-state index contributed by atoms with van der Waals surface area (Å²) >= 11 is 0.138. The van der Waals surface area contributed by atoms with Gasteiger partial charge in [-0.25, -0.2) is 0 Å². The lowest BCUT2D eigenvalue weighted by molar-refractivity contribution is -0.0335. The summed E-state index contributed by atoms with van der Waals surface area (Å²) in [5.41, 5.74) is -3.96. The van der Waals surface area contributed by atoms with Gasteiger partial charge in [0.1, 0.15) is 0 Å². The maximum Gasteiger partial charge on any atom is 0.441 e. The van der Waals surface area contributed by atoms with Gasteiger partial charge in [0.05, 0.1) is 0 Å². The summed E-state index contributed by atoms with van der Waals surface area (Å²) in [6.45, 7) is 2.50. The summed E-state index contributed by atoms with van der Waals surface area (Å²) in [7, 11) is 0. The van der Waals surface area contributed by atoms with Crippen molar-refractivity contribution in [1.29, 1.82) is 0 Å². The molecule has 2 aliphatic carbocycles. The molecule has 1 atom stereocenters. The van der Waals surface area contributed by atoms with Crippen molar-refractivity contribution in [1.82, 2.24) is 10.2 Å². The van der Waals surface area contributed by atoms with Crippen molar-refractivity contribution in [3.8, 4) is 0 Å². The van der Waals surface area contributed by atoms with Gasteiger partial charge < -0.3 is 5.32 Å². The summed E-state index contributed by atoms with van der Waals surface area (Å²) < 4.78 is 37.2. The Bertz CT molecular complexity index is 351. The minimum Gasteiger partial charge on any atom is -0.311 e. The summed E-state index contributed by atoms with van der Waals surface area (Å²) in [5.74, 6) is 0.937. The predicted molar refractivity (Wildman–Crippen MR) is 80.4 cm³/mol. The van der Waals surface area contributed by atoms with Crippen LogP contribution in [0.1, 0.15) is 44.9 Å². The second-order valence-electron chi connectivity index (χ2n) is 6.85. The standard InChI is InChI=1S/C15H25F3N2S/c16-15(17,18)21-9-8-20-10-13(12-4-5-12)19-11-14(20)6-2-1-3-7-14/h12-13,19H,1-11H2. The third-order valence-electron chi connectivity index (χ3n) is 5.38. The van der Waals surface area contributed by atoms with Crippen LogP contribution in [0.15, 0.2) is 0 Å². The number of piperazine rings is 1. The van der Waals surface area contributed by atoms with Gasteiger partial charge in [-0.15, -0.1) is 0 Å². The van der Waals surface area contributed by atoms with Crippen molar-refractivity contribution < 1.29 is 13.2 Å². The number of rotatable bonds is 4. The molecule has 1 saturated heterocycles. The third-order valence-corrected chi connectivity index (χ3v) is 6.10. The van der Waals surface area contributed by atoms with Gasteiger partial charge in [0.25, 0.3) is 0 Å². The molecule has 0 aromatic rings. The maximum atomic E-state index is 12.4. The first-order chi connectivity index (χ1) is 9.99. The molecule has 122 valence electrons. The Morgan fingerprint density at radius 1 is 1.14 bits per heavy atom. The van der Waals surface area contributed by atoms with Crippen LogP contribution in [0.3, 0.4) is 0 Å². The van der Waals surface area contributed by atoms with Crippen LogP contribution >= 0.6 is 11.8 Å². The number of nitrogens with one attached hydrogen (secondary N) is 1. The molecule has 1 spiro atoms. The van der Waals surface area contributed by atoms with E-state index >= 15 is 0 Å². The molecule has 1 aliphatic heterocycles. The monoisotopic (exact) mass is 322 g/mol. The lowest BCUT2D eigenvalue weighted by Gasteiger charge is -2.52. The van der Waals surface area contributed by atoms with Crippen molar-refractivity contribution in [2.45, 2.75) is 62.0 Å². The zero-order chi connectivity index (χ0) is 14.9. The fourth-order valence-corrected chi connectivity index (χ4v) is 4.59. The highest BCUT2D eigenvalue weighted by Gasteiger charge is 2.45. The lowest BCUT2D eigenvalue weighted by atomic mass is 9.78. The largest absolute Gasteiger partial charge is 0.441 e. The molecule has 3 fully saturated rings. The number of halogens is 3. The van der Waals surface area contributed by atoms with Crippen molar-refractivity contribution >= 4 is 11.8 Å². The van der Waals surface area contributed by atoms with Crippen LogP contribution in [-0.4, -0.2) is 47.4 Å². The minimum atomic E-state index is -4.09. The van der Waals surface area contributed by atoms with E-state index in [9.17, 15) is 13.2 Å². The molecule has 1 N–H and O–H groups in total. The zero-order valence-corrected chi connectivity index (χ0v) is 13.2. The van der Waals surface area contributed by atoms with Crippen LogP contribution in [0.2, 0.25) is 0 Å². The number of alkyl halides is 3. The van der Waals surface area contributed by atoms with Gasteiger partial charge in [-0.05, 0) is 43.4 Å². The number of nitrogens with zero attached hydrogens (tertiary/aromatic N) is 1. The van der Waals surface area contributed by atoms with E-state index in [1.54, 1.807) is 0 Å². The van der Waals surface area contributed by atoms with E-state index in [1.165, 1.54) is 32.1 Å². The van der Waals surface area contributed by atoms with Crippen LogP contribution in [-0.2, 0) is 0 Å². The second kappa shape index (κ2) is 6.28. The molecule has 0 radical (unpaired) electrons. The fraction of sp³-hybridized carbons (Fsp3) is 1.00. The smallest absolute Gasteiger partial charge is 0.311 e. The van der Waals surface area contributed by atoms with E-state index in [4.69, 9.17) is 0 Å². The van der Waals surface area contributed by atoms with Gasteiger partial charge in [-0.2, -0.15) is 13.2 Å². The Labute approximate surface area is 129 Å². The Morgan fingerprint density at radius 3 is 2.48 bits per heavy atom. The molecule has 3 aliphatic rings. The Kier molecular flexibility index (Phi) is 4.77. The van der Waals surface area contributed by atoms with Crippen LogP contribution in [0.5, 0.6) is 0 Å². The minimum absolute atomic E-state index is 0.135. The lowest BCUT2D eigenvalue weighted by Crippen LogP contribution is -2.66. The molecule has 1 unspecified atom stereocenters. The first-order valence-electron chi connectivity index (χ1n) is 8.18. The quantitative estimate of drug-likeness (QED) is 0.851. The number of hydrogen-bond donors (Lipinski definition) is 1. The molecule has 3 rings (SSSR count). The third kappa shape index (κ3) is 4.08. The van der Waals surface area contributed by atoms with Gasteiger partial charge in [-0.3, -0.25) is 4.90 Å². The summed E-state index contributed by atoms with van der Waals surface area (Å²) in [5, 5.41) is 3.71.